The van der Waals surface area contributed by atoms with Gasteiger partial charge in [0.25, 0.3) is 0 Å². The molecule has 0 spiro atoms. The number of rotatable bonds is 4. The van der Waals surface area contributed by atoms with Crippen molar-refractivity contribution in [2.45, 2.75) is 26.5 Å². The van der Waals surface area contributed by atoms with E-state index in [1.807, 2.05) is 50.2 Å². The summed E-state index contributed by atoms with van der Waals surface area (Å²) in [4.78, 5) is 13.1. The number of nitriles is 1. The molecule has 0 aromatic heterocycles. The van der Waals surface area contributed by atoms with Crippen LogP contribution in [0.1, 0.15) is 19.4 Å². The van der Waals surface area contributed by atoms with Gasteiger partial charge < -0.3 is 4.74 Å². The lowest BCUT2D eigenvalue weighted by molar-refractivity contribution is 0.0911. The van der Waals surface area contributed by atoms with E-state index in [1.165, 1.54) is 4.90 Å². The third kappa shape index (κ3) is 4.15. The van der Waals surface area contributed by atoms with E-state index in [1.54, 1.807) is 0 Å². The van der Waals surface area contributed by atoms with Gasteiger partial charge in [0.15, 0.2) is 0 Å². The lowest BCUT2D eigenvalue weighted by atomic mass is 10.2. The van der Waals surface area contributed by atoms with Gasteiger partial charge in [-0.3, -0.25) is 4.90 Å². The van der Waals surface area contributed by atoms with Crippen LogP contribution < -0.4 is 0 Å². The second kappa shape index (κ2) is 6.54. The molecule has 0 atom stereocenters. The molecule has 0 aliphatic carbocycles. The average Bonchev–Trinajstić information content (AvgIpc) is 2.34. The Labute approximate surface area is 101 Å². The fourth-order valence-electron chi connectivity index (χ4n) is 1.34. The highest BCUT2D eigenvalue weighted by molar-refractivity contribution is 5.68. The number of nitrogens with zero attached hydrogens (tertiary/aromatic N) is 2. The highest BCUT2D eigenvalue weighted by Gasteiger charge is 2.17. The molecule has 0 saturated carbocycles. The quantitative estimate of drug-likeness (QED) is 0.750. The summed E-state index contributed by atoms with van der Waals surface area (Å²) in [5.74, 6) is 0. The van der Waals surface area contributed by atoms with E-state index in [2.05, 4.69) is 0 Å². The molecule has 0 fully saturated rings. The lowest BCUT2D eigenvalue weighted by Gasteiger charge is -2.22. The maximum Gasteiger partial charge on any atom is 0.411 e. The predicted octanol–water partition coefficient (Wildman–Crippen LogP) is 2.56. The first-order valence-corrected chi connectivity index (χ1v) is 5.49. The van der Waals surface area contributed by atoms with Crippen molar-refractivity contribution in [2.24, 2.45) is 0 Å². The zero-order chi connectivity index (χ0) is 12.7. The highest BCUT2D eigenvalue weighted by Crippen LogP contribution is 2.05. The van der Waals surface area contributed by atoms with Crippen molar-refractivity contribution in [3.8, 4) is 6.07 Å². The van der Waals surface area contributed by atoms with Crippen LogP contribution >= 0.6 is 0 Å². The third-order valence-corrected chi connectivity index (χ3v) is 2.30. The van der Waals surface area contributed by atoms with Crippen molar-refractivity contribution >= 4 is 6.09 Å². The van der Waals surface area contributed by atoms with Crippen LogP contribution in [-0.2, 0) is 11.3 Å². The van der Waals surface area contributed by atoms with Crippen LogP contribution in [0.25, 0.3) is 0 Å². The first-order chi connectivity index (χ1) is 8.15. The van der Waals surface area contributed by atoms with Crippen LogP contribution in [0.4, 0.5) is 4.79 Å². The summed E-state index contributed by atoms with van der Waals surface area (Å²) in [7, 11) is 0. The number of hydrogen-bond acceptors (Lipinski definition) is 3. The van der Waals surface area contributed by atoms with Crippen molar-refractivity contribution in [1.82, 2.24) is 4.90 Å². The number of carbonyl (C=O) groups excluding carboxylic acids is 1. The molecule has 90 valence electrons. The van der Waals surface area contributed by atoms with Gasteiger partial charge in [0.2, 0.25) is 0 Å². The Morgan fingerprint density at radius 2 is 2.06 bits per heavy atom. The van der Waals surface area contributed by atoms with Gasteiger partial charge in [-0.2, -0.15) is 5.26 Å². The molecule has 1 aromatic carbocycles. The molecule has 0 heterocycles. The SMILES string of the molecule is CC(C)N(CC#N)C(=O)OCc1ccccc1. The largest absolute Gasteiger partial charge is 0.445 e. The molecule has 1 aromatic rings. The zero-order valence-corrected chi connectivity index (χ0v) is 10.1. The topological polar surface area (TPSA) is 53.3 Å². The first kappa shape index (κ1) is 13.0. The molecule has 4 nitrogen and oxygen atoms in total. The van der Waals surface area contributed by atoms with Crippen LogP contribution in [0, 0.1) is 11.3 Å². The number of ether oxygens (including phenoxy) is 1. The lowest BCUT2D eigenvalue weighted by Crippen LogP contribution is -2.37. The summed E-state index contributed by atoms with van der Waals surface area (Å²) in [6.45, 7) is 3.97. The van der Waals surface area contributed by atoms with Gasteiger partial charge in [-0.15, -0.1) is 0 Å². The van der Waals surface area contributed by atoms with E-state index in [-0.39, 0.29) is 19.2 Å². The maximum atomic E-state index is 11.7. The Morgan fingerprint density at radius 1 is 1.41 bits per heavy atom. The second-order valence-corrected chi connectivity index (χ2v) is 3.92. The minimum Gasteiger partial charge on any atom is -0.445 e. The van der Waals surface area contributed by atoms with E-state index >= 15 is 0 Å². The molecule has 0 bridgehead atoms. The summed E-state index contributed by atoms with van der Waals surface area (Å²) in [6, 6.07) is 11.4. The van der Waals surface area contributed by atoms with Gasteiger partial charge in [0.1, 0.15) is 13.2 Å². The summed E-state index contributed by atoms with van der Waals surface area (Å²) in [6.07, 6.45) is -0.453. The fourth-order valence-corrected chi connectivity index (χ4v) is 1.34. The molecule has 0 unspecified atom stereocenters. The van der Waals surface area contributed by atoms with Crippen LogP contribution in [0.2, 0.25) is 0 Å². The molecule has 0 aliphatic rings. The second-order valence-electron chi connectivity index (χ2n) is 3.92. The normalized spacial score (nSPS) is 9.76. The molecule has 0 aliphatic heterocycles. The van der Waals surface area contributed by atoms with E-state index in [4.69, 9.17) is 10.00 Å². The summed E-state index contributed by atoms with van der Waals surface area (Å²) in [5, 5.41) is 8.62. The van der Waals surface area contributed by atoms with Crippen molar-refractivity contribution in [2.75, 3.05) is 6.54 Å². The van der Waals surface area contributed by atoms with Crippen molar-refractivity contribution in [3.05, 3.63) is 35.9 Å². The minimum atomic E-state index is -0.453. The smallest absolute Gasteiger partial charge is 0.411 e. The molecule has 0 N–H and O–H groups in total. The molecule has 17 heavy (non-hydrogen) atoms. The Balaban J connectivity index is 2.51. The van der Waals surface area contributed by atoms with Crippen LogP contribution in [0.15, 0.2) is 30.3 Å². The first-order valence-electron chi connectivity index (χ1n) is 5.49. The zero-order valence-electron chi connectivity index (χ0n) is 10.1. The highest BCUT2D eigenvalue weighted by atomic mass is 16.6. The average molecular weight is 232 g/mol. The number of amides is 1. The molecule has 0 saturated heterocycles. The van der Waals surface area contributed by atoms with Gasteiger partial charge in [0, 0.05) is 6.04 Å². The van der Waals surface area contributed by atoms with E-state index in [0.29, 0.717) is 0 Å². The van der Waals surface area contributed by atoms with Gasteiger partial charge in [-0.05, 0) is 19.4 Å². The van der Waals surface area contributed by atoms with Gasteiger partial charge >= 0.3 is 6.09 Å². The van der Waals surface area contributed by atoms with E-state index in [9.17, 15) is 4.79 Å². The molecular formula is C13H16N2O2. The Morgan fingerprint density at radius 3 is 2.59 bits per heavy atom. The number of benzene rings is 1. The molecule has 1 amide bonds. The fraction of sp³-hybridized carbons (Fsp3) is 0.385. The van der Waals surface area contributed by atoms with Crippen LogP contribution in [0.3, 0.4) is 0 Å². The minimum absolute atomic E-state index is 0.0436. The number of hydrogen-bond donors (Lipinski definition) is 0. The summed E-state index contributed by atoms with van der Waals surface area (Å²) >= 11 is 0. The van der Waals surface area contributed by atoms with Crippen molar-refractivity contribution < 1.29 is 9.53 Å². The number of carbonyl (C=O) groups is 1. The summed E-state index contributed by atoms with van der Waals surface area (Å²) in [5.41, 5.74) is 0.932. The van der Waals surface area contributed by atoms with Crippen LogP contribution in [-0.4, -0.2) is 23.6 Å². The van der Waals surface area contributed by atoms with Gasteiger partial charge in [-0.25, -0.2) is 4.79 Å². The predicted molar refractivity (Wildman–Crippen MR) is 64.1 cm³/mol. The van der Waals surface area contributed by atoms with Gasteiger partial charge in [-0.1, -0.05) is 30.3 Å². The standard InChI is InChI=1S/C13H16N2O2/c1-11(2)15(9-8-14)13(16)17-10-12-6-4-3-5-7-12/h3-7,11H,9-10H2,1-2H3. The Kier molecular flexibility index (Phi) is 5.02. The monoisotopic (exact) mass is 232 g/mol. The molecule has 0 radical (unpaired) electrons. The van der Waals surface area contributed by atoms with Gasteiger partial charge in [0.05, 0.1) is 6.07 Å². The van der Waals surface area contributed by atoms with Crippen molar-refractivity contribution in [3.63, 3.8) is 0 Å². The third-order valence-electron chi connectivity index (χ3n) is 2.30. The molecule has 1 rings (SSSR count). The molecular weight excluding hydrogens is 216 g/mol. The Bertz CT molecular complexity index is 396. The van der Waals surface area contributed by atoms with E-state index < -0.39 is 6.09 Å². The Hall–Kier alpha value is -2.02. The maximum absolute atomic E-state index is 11.7. The van der Waals surface area contributed by atoms with E-state index in [0.717, 1.165) is 5.56 Å². The molecule has 4 heteroatoms. The van der Waals surface area contributed by atoms with Crippen molar-refractivity contribution in [1.29, 1.82) is 5.26 Å². The van der Waals surface area contributed by atoms with Crippen LogP contribution in [0.5, 0.6) is 0 Å². The summed E-state index contributed by atoms with van der Waals surface area (Å²) < 4.78 is 5.14.